The van der Waals surface area contributed by atoms with Gasteiger partial charge >= 0.3 is 0 Å². The Morgan fingerprint density at radius 3 is 2.57 bits per heavy atom. The summed E-state index contributed by atoms with van der Waals surface area (Å²) in [6.45, 7) is 1.25. The molecule has 0 aliphatic carbocycles. The standard InChI is InChI=1S/C20H24N4O4/c1-27-17-10-13-14(11-18(17)28-2)22-21-12-16(13)24-9-5-6-15(20(24)26)23-8-4-3-7-19(23)25/h10-12,15H,3-9H2,1-2H3. The highest BCUT2D eigenvalue weighted by Crippen LogP contribution is 2.36. The fraction of sp³-hybridized carbons (Fsp3) is 0.500. The predicted molar refractivity (Wildman–Crippen MR) is 104 cm³/mol. The van der Waals surface area contributed by atoms with Crippen LogP contribution in [0.1, 0.15) is 32.1 Å². The summed E-state index contributed by atoms with van der Waals surface area (Å²) in [5.74, 6) is 1.15. The average molecular weight is 384 g/mol. The highest BCUT2D eigenvalue weighted by molar-refractivity contribution is 6.06. The van der Waals surface area contributed by atoms with Crippen LogP contribution in [0.3, 0.4) is 0 Å². The third-order valence-corrected chi connectivity index (χ3v) is 5.56. The van der Waals surface area contributed by atoms with Gasteiger partial charge in [0.25, 0.3) is 0 Å². The normalized spacial score (nSPS) is 20.6. The van der Waals surface area contributed by atoms with Crippen molar-refractivity contribution in [3.8, 4) is 11.5 Å². The number of aromatic nitrogens is 2. The second kappa shape index (κ2) is 7.61. The number of piperidine rings is 2. The maximum Gasteiger partial charge on any atom is 0.249 e. The maximum atomic E-state index is 13.3. The number of hydrogen-bond acceptors (Lipinski definition) is 6. The molecule has 2 aliphatic rings. The lowest BCUT2D eigenvalue weighted by Crippen LogP contribution is -2.55. The summed E-state index contributed by atoms with van der Waals surface area (Å²) in [6.07, 6.45) is 5.52. The van der Waals surface area contributed by atoms with Gasteiger partial charge in [-0.05, 0) is 31.7 Å². The largest absolute Gasteiger partial charge is 0.493 e. The van der Waals surface area contributed by atoms with E-state index in [0.717, 1.165) is 24.6 Å². The first-order valence-corrected chi connectivity index (χ1v) is 9.62. The topological polar surface area (TPSA) is 84.9 Å². The van der Waals surface area contributed by atoms with Gasteiger partial charge in [-0.25, -0.2) is 0 Å². The second-order valence-electron chi connectivity index (χ2n) is 7.15. The van der Waals surface area contributed by atoms with Gasteiger partial charge in [-0.2, -0.15) is 10.2 Å². The molecule has 0 saturated carbocycles. The molecule has 2 fully saturated rings. The van der Waals surface area contributed by atoms with Gasteiger partial charge in [0, 0.05) is 31.0 Å². The molecular weight excluding hydrogens is 360 g/mol. The molecule has 2 aliphatic heterocycles. The minimum Gasteiger partial charge on any atom is -0.493 e. The van der Waals surface area contributed by atoms with Crippen LogP contribution in [0, 0.1) is 0 Å². The summed E-state index contributed by atoms with van der Waals surface area (Å²) in [4.78, 5) is 29.2. The zero-order chi connectivity index (χ0) is 19.7. The molecule has 0 N–H and O–H groups in total. The predicted octanol–water partition coefficient (Wildman–Crippen LogP) is 2.15. The zero-order valence-electron chi connectivity index (χ0n) is 16.2. The van der Waals surface area contributed by atoms with Gasteiger partial charge in [-0.1, -0.05) is 0 Å². The molecule has 1 atom stereocenters. The van der Waals surface area contributed by atoms with Crippen LogP contribution in [0.2, 0.25) is 0 Å². The molecule has 1 unspecified atom stereocenters. The number of carbonyl (C=O) groups is 2. The highest BCUT2D eigenvalue weighted by atomic mass is 16.5. The molecule has 8 heteroatoms. The van der Waals surface area contributed by atoms with E-state index in [-0.39, 0.29) is 11.8 Å². The molecule has 1 aromatic carbocycles. The number of rotatable bonds is 4. The van der Waals surface area contributed by atoms with Crippen LogP contribution in [-0.4, -0.2) is 60.3 Å². The summed E-state index contributed by atoms with van der Waals surface area (Å²) in [5.41, 5.74) is 1.31. The highest BCUT2D eigenvalue weighted by Gasteiger charge is 2.37. The van der Waals surface area contributed by atoms with E-state index >= 15 is 0 Å². The number of amides is 2. The van der Waals surface area contributed by atoms with Crippen molar-refractivity contribution in [1.82, 2.24) is 15.1 Å². The minimum atomic E-state index is -0.398. The number of anilines is 1. The van der Waals surface area contributed by atoms with Crippen LogP contribution >= 0.6 is 0 Å². The fourth-order valence-corrected chi connectivity index (χ4v) is 4.13. The van der Waals surface area contributed by atoms with Crippen LogP contribution in [0.5, 0.6) is 11.5 Å². The van der Waals surface area contributed by atoms with Crippen molar-refractivity contribution < 1.29 is 19.1 Å². The Morgan fingerprint density at radius 1 is 1.04 bits per heavy atom. The number of nitrogens with zero attached hydrogens (tertiary/aromatic N) is 4. The molecule has 4 rings (SSSR count). The smallest absolute Gasteiger partial charge is 0.249 e. The maximum absolute atomic E-state index is 13.3. The van der Waals surface area contributed by atoms with Crippen molar-refractivity contribution in [3.63, 3.8) is 0 Å². The lowest BCUT2D eigenvalue weighted by atomic mass is 9.98. The first kappa shape index (κ1) is 18.5. The fourth-order valence-electron chi connectivity index (χ4n) is 4.13. The molecule has 1 aromatic heterocycles. The van der Waals surface area contributed by atoms with Crippen molar-refractivity contribution >= 4 is 28.4 Å². The molecule has 2 saturated heterocycles. The third kappa shape index (κ3) is 3.12. The van der Waals surface area contributed by atoms with Crippen LogP contribution in [0.4, 0.5) is 5.69 Å². The van der Waals surface area contributed by atoms with Crippen LogP contribution in [-0.2, 0) is 9.59 Å². The van der Waals surface area contributed by atoms with Crippen LogP contribution < -0.4 is 14.4 Å². The molecule has 0 bridgehead atoms. The molecule has 0 spiro atoms. The Balaban J connectivity index is 1.72. The number of fused-ring (bicyclic) bond motifs is 1. The minimum absolute atomic E-state index is 0.0504. The van der Waals surface area contributed by atoms with Crippen molar-refractivity contribution in [2.75, 3.05) is 32.2 Å². The number of carbonyl (C=O) groups excluding carboxylic acids is 2. The van der Waals surface area contributed by atoms with Crippen LogP contribution in [0.15, 0.2) is 18.3 Å². The Labute approximate surface area is 163 Å². The summed E-state index contributed by atoms with van der Waals surface area (Å²) < 4.78 is 10.8. The lowest BCUT2D eigenvalue weighted by molar-refractivity contribution is -0.142. The molecule has 2 amide bonds. The van der Waals surface area contributed by atoms with E-state index in [4.69, 9.17) is 9.47 Å². The number of hydrogen-bond donors (Lipinski definition) is 0. The Bertz CT molecular complexity index is 916. The van der Waals surface area contributed by atoms with E-state index in [1.807, 2.05) is 6.07 Å². The molecule has 28 heavy (non-hydrogen) atoms. The van der Waals surface area contributed by atoms with E-state index in [2.05, 4.69) is 10.2 Å². The third-order valence-electron chi connectivity index (χ3n) is 5.56. The van der Waals surface area contributed by atoms with Gasteiger partial charge < -0.3 is 19.3 Å². The molecule has 0 radical (unpaired) electrons. The van der Waals surface area contributed by atoms with E-state index in [0.29, 0.717) is 48.6 Å². The summed E-state index contributed by atoms with van der Waals surface area (Å²) >= 11 is 0. The molecule has 3 heterocycles. The second-order valence-corrected chi connectivity index (χ2v) is 7.15. The molecule has 148 valence electrons. The van der Waals surface area contributed by atoms with E-state index in [1.165, 1.54) is 0 Å². The Morgan fingerprint density at radius 2 is 1.82 bits per heavy atom. The first-order valence-electron chi connectivity index (χ1n) is 9.62. The van der Waals surface area contributed by atoms with Crippen LogP contribution in [0.25, 0.3) is 10.9 Å². The number of methoxy groups -OCH3 is 2. The Hall–Kier alpha value is -2.90. The van der Waals surface area contributed by atoms with Gasteiger partial charge in [-0.15, -0.1) is 0 Å². The van der Waals surface area contributed by atoms with Gasteiger partial charge in [0.15, 0.2) is 11.5 Å². The lowest BCUT2D eigenvalue weighted by Gasteiger charge is -2.40. The van der Waals surface area contributed by atoms with E-state index in [9.17, 15) is 9.59 Å². The van der Waals surface area contributed by atoms with E-state index in [1.54, 1.807) is 36.3 Å². The SMILES string of the molecule is COc1cc2nncc(N3CCCC(N4CCCCC4=O)C3=O)c2cc1OC. The molecule has 2 aromatic rings. The Kier molecular flexibility index (Phi) is 5.02. The molecular formula is C20H24N4O4. The van der Waals surface area contributed by atoms with Crippen molar-refractivity contribution in [3.05, 3.63) is 18.3 Å². The van der Waals surface area contributed by atoms with Gasteiger partial charge in [0.1, 0.15) is 6.04 Å². The average Bonchev–Trinajstić information content (AvgIpc) is 2.73. The first-order chi connectivity index (χ1) is 13.6. The summed E-state index contributed by atoms with van der Waals surface area (Å²) in [7, 11) is 3.14. The van der Waals surface area contributed by atoms with Gasteiger partial charge in [0.2, 0.25) is 11.8 Å². The van der Waals surface area contributed by atoms with Crippen molar-refractivity contribution in [1.29, 1.82) is 0 Å². The number of benzene rings is 1. The quantitative estimate of drug-likeness (QED) is 0.803. The number of likely N-dealkylation sites (tertiary alicyclic amines) is 1. The summed E-state index contributed by atoms with van der Waals surface area (Å²) in [5, 5.41) is 9.03. The van der Waals surface area contributed by atoms with Crippen molar-refractivity contribution in [2.24, 2.45) is 0 Å². The number of ether oxygens (including phenoxy) is 2. The molecule has 8 nitrogen and oxygen atoms in total. The van der Waals surface area contributed by atoms with Gasteiger partial charge in [0.05, 0.1) is 31.6 Å². The summed E-state index contributed by atoms with van der Waals surface area (Å²) in [6, 6.07) is 3.18. The zero-order valence-corrected chi connectivity index (χ0v) is 16.2. The van der Waals surface area contributed by atoms with E-state index < -0.39 is 6.04 Å². The monoisotopic (exact) mass is 384 g/mol. The van der Waals surface area contributed by atoms with Crippen molar-refractivity contribution in [2.45, 2.75) is 38.1 Å². The van der Waals surface area contributed by atoms with Gasteiger partial charge in [-0.3, -0.25) is 9.59 Å².